The highest BCUT2D eigenvalue weighted by Crippen LogP contribution is 2.65. The first-order valence-electron chi connectivity index (χ1n) is 9.49. The number of benzene rings is 1. The van der Waals surface area contributed by atoms with Crippen molar-refractivity contribution in [2.24, 2.45) is 23.2 Å². The molecular formula is C22H30O2. The molecule has 0 heterocycles. The maximum Gasteiger partial charge on any atom is 0.118 e. The molecule has 1 aromatic rings. The minimum Gasteiger partial charge on any atom is -0.508 e. The van der Waals surface area contributed by atoms with Crippen LogP contribution in [0.3, 0.4) is 0 Å². The molecule has 0 saturated heterocycles. The summed E-state index contributed by atoms with van der Waals surface area (Å²) in [5.74, 6) is 2.81. The topological polar surface area (TPSA) is 40.5 Å². The Bertz CT molecular complexity index is 693. The predicted octanol–water partition coefficient (Wildman–Crippen LogP) is 4.72. The van der Waals surface area contributed by atoms with Gasteiger partial charge < -0.3 is 10.2 Å². The Morgan fingerprint density at radius 2 is 2.00 bits per heavy atom. The first-order valence-corrected chi connectivity index (χ1v) is 9.49. The monoisotopic (exact) mass is 326 g/mol. The summed E-state index contributed by atoms with van der Waals surface area (Å²) in [6.45, 7) is 10.6. The number of phenolic OH excluding ortho intramolecular Hbond substituents is 1. The molecule has 0 bridgehead atoms. The van der Waals surface area contributed by atoms with Crippen molar-refractivity contribution in [3.63, 3.8) is 0 Å². The van der Waals surface area contributed by atoms with Crippen LogP contribution in [-0.2, 0) is 6.42 Å². The smallest absolute Gasteiger partial charge is 0.118 e. The highest BCUT2D eigenvalue weighted by atomic mass is 16.3. The molecule has 2 saturated carbocycles. The molecule has 3 aliphatic rings. The van der Waals surface area contributed by atoms with Crippen LogP contribution in [0.15, 0.2) is 24.8 Å². The molecule has 4 rings (SSSR count). The highest BCUT2D eigenvalue weighted by Gasteiger charge is 2.61. The van der Waals surface area contributed by atoms with Crippen molar-refractivity contribution in [3.05, 3.63) is 41.5 Å². The molecule has 2 fully saturated rings. The van der Waals surface area contributed by atoms with Crippen molar-refractivity contribution in [2.45, 2.75) is 64.4 Å². The number of aliphatic hydroxyl groups is 1. The van der Waals surface area contributed by atoms with Gasteiger partial charge in [0.15, 0.2) is 0 Å². The summed E-state index contributed by atoms with van der Waals surface area (Å²) >= 11 is 0. The zero-order valence-corrected chi connectivity index (χ0v) is 15.2. The fraction of sp³-hybridized carbons (Fsp3) is 0.636. The average molecular weight is 326 g/mol. The van der Waals surface area contributed by atoms with Gasteiger partial charge in [-0.3, -0.25) is 0 Å². The van der Waals surface area contributed by atoms with E-state index in [0.717, 1.165) is 37.7 Å². The molecule has 6 unspecified atom stereocenters. The third kappa shape index (κ3) is 1.92. The van der Waals surface area contributed by atoms with Gasteiger partial charge in [-0.2, -0.15) is 0 Å². The lowest BCUT2D eigenvalue weighted by atomic mass is 9.51. The molecule has 3 aliphatic carbocycles. The Labute approximate surface area is 145 Å². The van der Waals surface area contributed by atoms with E-state index in [2.05, 4.69) is 26.5 Å². The van der Waals surface area contributed by atoms with Gasteiger partial charge in [0, 0.05) is 5.41 Å². The first-order chi connectivity index (χ1) is 11.3. The van der Waals surface area contributed by atoms with Crippen molar-refractivity contribution < 1.29 is 10.2 Å². The van der Waals surface area contributed by atoms with Crippen LogP contribution in [0.4, 0.5) is 0 Å². The SMILES string of the molecule is C=CC1(O)CCC2C3C(C)Cc4cc(O)c(C)cc4C3CCC21C. The summed E-state index contributed by atoms with van der Waals surface area (Å²) in [5.41, 5.74) is 3.06. The molecule has 1 aromatic carbocycles. The third-order valence-electron chi connectivity index (χ3n) is 7.94. The largest absolute Gasteiger partial charge is 0.508 e. The van der Waals surface area contributed by atoms with Crippen LogP contribution in [0.2, 0.25) is 0 Å². The predicted molar refractivity (Wildman–Crippen MR) is 97.2 cm³/mol. The quantitative estimate of drug-likeness (QED) is 0.733. The van der Waals surface area contributed by atoms with Gasteiger partial charge in [0.25, 0.3) is 0 Å². The lowest BCUT2D eigenvalue weighted by molar-refractivity contribution is -0.0789. The maximum atomic E-state index is 11.2. The Morgan fingerprint density at radius 3 is 2.71 bits per heavy atom. The lowest BCUT2D eigenvalue weighted by Crippen LogP contribution is -2.51. The van der Waals surface area contributed by atoms with E-state index >= 15 is 0 Å². The molecule has 24 heavy (non-hydrogen) atoms. The van der Waals surface area contributed by atoms with Crippen molar-refractivity contribution in [2.75, 3.05) is 0 Å². The molecule has 0 spiro atoms. The van der Waals surface area contributed by atoms with Gasteiger partial charge in [0.2, 0.25) is 0 Å². The van der Waals surface area contributed by atoms with E-state index in [1.54, 1.807) is 0 Å². The molecule has 2 N–H and O–H groups in total. The molecular weight excluding hydrogens is 296 g/mol. The lowest BCUT2D eigenvalue weighted by Gasteiger charge is -2.54. The Balaban J connectivity index is 1.78. The van der Waals surface area contributed by atoms with Gasteiger partial charge in [-0.1, -0.05) is 26.0 Å². The number of aromatic hydroxyl groups is 1. The van der Waals surface area contributed by atoms with Crippen molar-refractivity contribution in [3.8, 4) is 5.75 Å². The zero-order chi connectivity index (χ0) is 17.3. The Morgan fingerprint density at radius 1 is 1.25 bits per heavy atom. The van der Waals surface area contributed by atoms with E-state index in [0.29, 0.717) is 29.4 Å². The van der Waals surface area contributed by atoms with E-state index in [1.807, 2.05) is 19.1 Å². The molecule has 2 nitrogen and oxygen atoms in total. The number of hydrogen-bond donors (Lipinski definition) is 2. The van der Waals surface area contributed by atoms with Gasteiger partial charge in [0.05, 0.1) is 5.60 Å². The number of phenols is 1. The first kappa shape index (κ1) is 16.2. The van der Waals surface area contributed by atoms with Crippen molar-refractivity contribution in [1.29, 1.82) is 0 Å². The van der Waals surface area contributed by atoms with Crippen LogP contribution in [0.1, 0.15) is 62.1 Å². The van der Waals surface area contributed by atoms with Crippen LogP contribution in [0.25, 0.3) is 0 Å². The van der Waals surface area contributed by atoms with Crippen LogP contribution < -0.4 is 0 Å². The summed E-state index contributed by atoms with van der Waals surface area (Å²) < 4.78 is 0. The van der Waals surface area contributed by atoms with Gasteiger partial charge >= 0.3 is 0 Å². The van der Waals surface area contributed by atoms with Gasteiger partial charge in [-0.05, 0) is 85.5 Å². The second-order valence-corrected chi connectivity index (χ2v) is 8.93. The number of hydrogen-bond acceptors (Lipinski definition) is 2. The van der Waals surface area contributed by atoms with Crippen LogP contribution in [0, 0.1) is 30.1 Å². The molecule has 6 atom stereocenters. The molecule has 2 heteroatoms. The molecule has 0 radical (unpaired) electrons. The van der Waals surface area contributed by atoms with E-state index in [1.165, 1.54) is 11.1 Å². The maximum absolute atomic E-state index is 11.2. The fourth-order valence-electron chi connectivity index (χ4n) is 6.51. The fourth-order valence-corrected chi connectivity index (χ4v) is 6.51. The van der Waals surface area contributed by atoms with Gasteiger partial charge in [0.1, 0.15) is 5.75 Å². The summed E-state index contributed by atoms with van der Waals surface area (Å²) in [6, 6.07) is 4.23. The molecule has 0 aliphatic heterocycles. The number of fused-ring (bicyclic) bond motifs is 5. The highest BCUT2D eigenvalue weighted by molar-refractivity contribution is 5.45. The van der Waals surface area contributed by atoms with E-state index in [9.17, 15) is 10.2 Å². The van der Waals surface area contributed by atoms with Gasteiger partial charge in [-0.15, -0.1) is 6.58 Å². The standard InChI is InChI=1S/C22H30O2/c1-5-22(24)9-7-18-20-14(3)10-15-12-19(23)13(2)11-17(15)16(20)6-8-21(18,22)4/h5,11-12,14,16,18,20,23-24H,1,6-10H2,2-4H3. The third-order valence-corrected chi connectivity index (χ3v) is 7.94. The second-order valence-electron chi connectivity index (χ2n) is 8.93. The Kier molecular flexibility index (Phi) is 3.45. The average Bonchev–Trinajstić information content (AvgIpc) is 2.82. The number of rotatable bonds is 1. The van der Waals surface area contributed by atoms with E-state index < -0.39 is 5.60 Å². The summed E-state index contributed by atoms with van der Waals surface area (Å²) in [4.78, 5) is 0. The van der Waals surface area contributed by atoms with E-state index in [-0.39, 0.29) is 5.41 Å². The molecule has 130 valence electrons. The van der Waals surface area contributed by atoms with Crippen molar-refractivity contribution >= 4 is 0 Å². The summed E-state index contributed by atoms with van der Waals surface area (Å²) in [6.07, 6.45) is 7.02. The molecule has 0 amide bonds. The van der Waals surface area contributed by atoms with Crippen molar-refractivity contribution in [1.82, 2.24) is 0 Å². The summed E-state index contributed by atoms with van der Waals surface area (Å²) in [7, 11) is 0. The van der Waals surface area contributed by atoms with Gasteiger partial charge in [-0.25, -0.2) is 0 Å². The van der Waals surface area contributed by atoms with Crippen LogP contribution in [-0.4, -0.2) is 15.8 Å². The molecule has 0 aromatic heterocycles. The minimum absolute atomic E-state index is 0.0341. The van der Waals surface area contributed by atoms with Crippen LogP contribution >= 0.6 is 0 Å². The Hall–Kier alpha value is -1.28. The van der Waals surface area contributed by atoms with E-state index in [4.69, 9.17) is 0 Å². The summed E-state index contributed by atoms with van der Waals surface area (Å²) in [5, 5.41) is 21.3. The van der Waals surface area contributed by atoms with Crippen LogP contribution in [0.5, 0.6) is 5.75 Å². The normalized spacial score (nSPS) is 43.7. The second kappa shape index (κ2) is 5.11. The zero-order valence-electron chi connectivity index (χ0n) is 15.2. The minimum atomic E-state index is -0.701. The number of aryl methyl sites for hydroxylation is 1.